The normalized spacial score (nSPS) is 26.5. The van der Waals surface area contributed by atoms with Crippen LogP contribution < -0.4 is 10.6 Å². The molecule has 4 amide bonds. The minimum Gasteiger partial charge on any atom is -0.350 e. The van der Waals surface area contributed by atoms with Crippen molar-refractivity contribution in [2.24, 2.45) is 5.92 Å². The number of urea groups is 1. The molecule has 3 aliphatic rings. The number of benzene rings is 1. The quantitative estimate of drug-likeness (QED) is 0.609. The van der Waals surface area contributed by atoms with Crippen molar-refractivity contribution >= 4 is 27.9 Å². The molecule has 180 valence electrons. The molecule has 2 N–H and O–H groups in total. The summed E-state index contributed by atoms with van der Waals surface area (Å²) in [6.07, 6.45) is 6.18. The van der Waals surface area contributed by atoms with Crippen LogP contribution in [0.2, 0.25) is 0 Å². The van der Waals surface area contributed by atoms with Gasteiger partial charge in [0.25, 0.3) is 5.91 Å². The van der Waals surface area contributed by atoms with Crippen LogP contribution in [-0.4, -0.2) is 60.6 Å². The minimum atomic E-state index is -3.50. The van der Waals surface area contributed by atoms with Crippen LogP contribution >= 0.6 is 0 Å². The second kappa shape index (κ2) is 9.42. The first-order valence-electron chi connectivity index (χ1n) is 11.7. The van der Waals surface area contributed by atoms with E-state index in [0.717, 1.165) is 49.0 Å². The van der Waals surface area contributed by atoms with E-state index in [1.165, 1.54) is 4.31 Å². The zero-order chi connectivity index (χ0) is 23.6. The first-order valence-corrected chi connectivity index (χ1v) is 13.2. The van der Waals surface area contributed by atoms with Crippen molar-refractivity contribution < 1.29 is 22.8 Å². The average Bonchev–Trinajstić information content (AvgIpc) is 3.05. The van der Waals surface area contributed by atoms with Crippen molar-refractivity contribution in [2.75, 3.05) is 19.6 Å². The molecule has 1 aromatic rings. The number of imide groups is 1. The summed E-state index contributed by atoms with van der Waals surface area (Å²) in [6.45, 7) is 2.90. The van der Waals surface area contributed by atoms with Gasteiger partial charge in [0.05, 0.1) is 4.90 Å². The van der Waals surface area contributed by atoms with Crippen LogP contribution in [0.1, 0.15) is 57.4 Å². The van der Waals surface area contributed by atoms with E-state index in [9.17, 15) is 22.8 Å². The molecule has 3 fully saturated rings. The zero-order valence-corrected chi connectivity index (χ0v) is 19.8. The summed E-state index contributed by atoms with van der Waals surface area (Å²) in [5, 5.41) is 5.56. The van der Waals surface area contributed by atoms with Crippen LogP contribution in [0.15, 0.2) is 29.2 Å². The van der Waals surface area contributed by atoms with E-state index in [-0.39, 0.29) is 29.8 Å². The van der Waals surface area contributed by atoms with E-state index in [4.69, 9.17) is 0 Å². The largest absolute Gasteiger partial charge is 0.350 e. The Morgan fingerprint density at radius 1 is 1.09 bits per heavy atom. The van der Waals surface area contributed by atoms with Gasteiger partial charge in [-0.25, -0.2) is 13.2 Å². The lowest BCUT2D eigenvalue weighted by Gasteiger charge is -2.36. The van der Waals surface area contributed by atoms with E-state index >= 15 is 0 Å². The Hall–Kier alpha value is -2.46. The van der Waals surface area contributed by atoms with E-state index in [1.807, 2.05) is 6.92 Å². The standard InChI is InChI=1S/C23H32N4O5S/c1-17-7-3-4-12-23(17)21(29)27(22(30)25-23)16-20(28)24-15-18-8-10-19(11-9-18)33(31,32)26-13-5-2-6-14-26/h8-11,17H,2-7,12-16H2,1H3,(H,24,28)(H,25,30)/t17-,23-/m1/s1. The molecule has 0 radical (unpaired) electrons. The predicted octanol–water partition coefficient (Wildman–Crippen LogP) is 1.98. The Morgan fingerprint density at radius 3 is 2.45 bits per heavy atom. The third-order valence-electron chi connectivity index (χ3n) is 7.17. The highest BCUT2D eigenvalue weighted by Crippen LogP contribution is 2.38. The monoisotopic (exact) mass is 476 g/mol. The highest BCUT2D eigenvalue weighted by molar-refractivity contribution is 7.89. The van der Waals surface area contributed by atoms with Crippen molar-refractivity contribution in [1.82, 2.24) is 19.8 Å². The summed E-state index contributed by atoms with van der Waals surface area (Å²) in [6, 6.07) is 5.93. The van der Waals surface area contributed by atoms with Gasteiger partial charge in [-0.2, -0.15) is 4.31 Å². The summed E-state index contributed by atoms with van der Waals surface area (Å²) in [5.74, 6) is -0.721. The van der Waals surface area contributed by atoms with Gasteiger partial charge in [0.2, 0.25) is 15.9 Å². The molecule has 9 nitrogen and oxygen atoms in total. The molecule has 1 aromatic carbocycles. The average molecular weight is 477 g/mol. The predicted molar refractivity (Wildman–Crippen MR) is 122 cm³/mol. The van der Waals surface area contributed by atoms with Gasteiger partial charge in [0.1, 0.15) is 12.1 Å². The molecule has 1 spiro atoms. The van der Waals surface area contributed by atoms with Gasteiger partial charge in [-0.1, -0.05) is 38.3 Å². The minimum absolute atomic E-state index is 0.0375. The van der Waals surface area contributed by atoms with Crippen molar-refractivity contribution in [1.29, 1.82) is 0 Å². The molecule has 0 bridgehead atoms. The van der Waals surface area contributed by atoms with Crippen LogP contribution in [-0.2, 0) is 26.2 Å². The highest BCUT2D eigenvalue weighted by atomic mass is 32.2. The number of carbonyl (C=O) groups is 3. The van der Waals surface area contributed by atoms with Gasteiger partial charge in [-0.15, -0.1) is 0 Å². The van der Waals surface area contributed by atoms with Gasteiger partial charge in [-0.05, 0) is 49.3 Å². The molecule has 4 rings (SSSR count). The molecular formula is C23H32N4O5S. The number of amides is 4. The molecule has 2 heterocycles. The Labute approximate surface area is 194 Å². The lowest BCUT2D eigenvalue weighted by molar-refractivity contribution is -0.137. The van der Waals surface area contributed by atoms with Crippen molar-refractivity contribution in [3.8, 4) is 0 Å². The Bertz CT molecular complexity index is 1020. The fourth-order valence-electron chi connectivity index (χ4n) is 5.07. The van der Waals surface area contributed by atoms with Crippen LogP contribution in [0.5, 0.6) is 0 Å². The maximum absolute atomic E-state index is 13.0. The Balaban J connectivity index is 1.33. The summed E-state index contributed by atoms with van der Waals surface area (Å²) in [7, 11) is -3.50. The summed E-state index contributed by atoms with van der Waals surface area (Å²) >= 11 is 0. The zero-order valence-electron chi connectivity index (χ0n) is 19.0. The first-order chi connectivity index (χ1) is 15.7. The number of nitrogens with zero attached hydrogens (tertiary/aromatic N) is 2. The molecule has 2 atom stereocenters. The van der Waals surface area contributed by atoms with E-state index in [0.29, 0.717) is 19.5 Å². The maximum atomic E-state index is 13.0. The number of hydrogen-bond acceptors (Lipinski definition) is 5. The summed E-state index contributed by atoms with van der Waals surface area (Å²) in [5.41, 5.74) is -0.152. The lowest BCUT2D eigenvalue weighted by Crippen LogP contribution is -2.54. The van der Waals surface area contributed by atoms with Gasteiger partial charge < -0.3 is 10.6 Å². The van der Waals surface area contributed by atoms with E-state index < -0.39 is 27.5 Å². The molecule has 10 heteroatoms. The van der Waals surface area contributed by atoms with Crippen molar-refractivity contribution in [2.45, 2.75) is 68.8 Å². The fourth-order valence-corrected chi connectivity index (χ4v) is 6.59. The number of nitrogens with one attached hydrogen (secondary N) is 2. The summed E-state index contributed by atoms with van der Waals surface area (Å²) < 4.78 is 27.0. The second-order valence-electron chi connectivity index (χ2n) is 9.33. The molecule has 2 saturated heterocycles. The Kier molecular flexibility index (Phi) is 6.76. The smallest absolute Gasteiger partial charge is 0.325 e. The lowest BCUT2D eigenvalue weighted by atomic mass is 9.73. The SMILES string of the molecule is C[C@@H]1CCCC[C@@]12NC(=O)N(CC(=O)NCc1ccc(S(=O)(=O)N3CCCCC3)cc1)C2=O. The highest BCUT2D eigenvalue weighted by Gasteiger charge is 2.55. The molecule has 0 unspecified atom stereocenters. The van der Waals surface area contributed by atoms with Crippen LogP contribution in [0, 0.1) is 5.92 Å². The molecule has 1 saturated carbocycles. The molecular weight excluding hydrogens is 444 g/mol. The number of hydrogen-bond donors (Lipinski definition) is 2. The van der Waals surface area contributed by atoms with E-state index in [1.54, 1.807) is 24.3 Å². The second-order valence-corrected chi connectivity index (χ2v) is 11.3. The number of carbonyl (C=O) groups excluding carboxylic acids is 3. The van der Waals surface area contributed by atoms with Gasteiger partial charge in [0, 0.05) is 19.6 Å². The Morgan fingerprint density at radius 2 is 1.79 bits per heavy atom. The van der Waals surface area contributed by atoms with Gasteiger partial charge >= 0.3 is 6.03 Å². The number of rotatable bonds is 6. The molecule has 2 aliphatic heterocycles. The maximum Gasteiger partial charge on any atom is 0.325 e. The molecule has 1 aliphatic carbocycles. The van der Waals surface area contributed by atoms with Gasteiger partial charge in [-0.3, -0.25) is 14.5 Å². The number of piperidine rings is 1. The topological polar surface area (TPSA) is 116 Å². The fraction of sp³-hybridized carbons (Fsp3) is 0.609. The van der Waals surface area contributed by atoms with Crippen molar-refractivity contribution in [3.05, 3.63) is 29.8 Å². The van der Waals surface area contributed by atoms with Crippen LogP contribution in [0.25, 0.3) is 0 Å². The molecule has 0 aromatic heterocycles. The van der Waals surface area contributed by atoms with Gasteiger partial charge in [0.15, 0.2) is 0 Å². The van der Waals surface area contributed by atoms with E-state index in [2.05, 4.69) is 10.6 Å². The van der Waals surface area contributed by atoms with Crippen LogP contribution in [0.4, 0.5) is 4.79 Å². The molecule has 33 heavy (non-hydrogen) atoms. The third-order valence-corrected chi connectivity index (χ3v) is 9.08. The first kappa shape index (κ1) is 23.7. The third kappa shape index (κ3) is 4.63. The van der Waals surface area contributed by atoms with Crippen LogP contribution in [0.3, 0.4) is 0 Å². The summed E-state index contributed by atoms with van der Waals surface area (Å²) in [4.78, 5) is 39.1. The number of sulfonamides is 1. The van der Waals surface area contributed by atoms with Crippen molar-refractivity contribution in [3.63, 3.8) is 0 Å².